The molecular formula is C9H18N6. The lowest BCUT2D eigenvalue weighted by Gasteiger charge is -2.32. The number of piperazine rings is 1. The van der Waals surface area contributed by atoms with Crippen LogP contribution in [-0.2, 0) is 6.54 Å². The van der Waals surface area contributed by atoms with Gasteiger partial charge in [0, 0.05) is 32.7 Å². The molecule has 2 heterocycles. The first-order chi connectivity index (χ1) is 7.24. The third-order valence-corrected chi connectivity index (χ3v) is 2.80. The molecule has 1 aromatic heterocycles. The van der Waals surface area contributed by atoms with Crippen LogP contribution >= 0.6 is 0 Å². The highest BCUT2D eigenvalue weighted by Crippen LogP contribution is 1.99. The molecule has 1 aliphatic rings. The van der Waals surface area contributed by atoms with Crippen LogP contribution in [0.25, 0.3) is 0 Å². The van der Waals surface area contributed by atoms with E-state index in [1.165, 1.54) is 0 Å². The number of nitrogens with zero attached hydrogens (tertiary/aromatic N) is 5. The van der Waals surface area contributed by atoms with Crippen molar-refractivity contribution in [3.63, 3.8) is 0 Å². The summed E-state index contributed by atoms with van der Waals surface area (Å²) in [5.74, 6) is 0.355. The van der Waals surface area contributed by atoms with Gasteiger partial charge in [-0.3, -0.25) is 4.90 Å². The van der Waals surface area contributed by atoms with Gasteiger partial charge in [0.1, 0.15) is 6.33 Å². The number of nitrogen functional groups attached to an aromatic ring is 1. The Labute approximate surface area is 89.7 Å². The van der Waals surface area contributed by atoms with E-state index >= 15 is 0 Å². The van der Waals surface area contributed by atoms with E-state index in [0.29, 0.717) is 5.95 Å². The van der Waals surface area contributed by atoms with Crippen molar-refractivity contribution in [1.29, 1.82) is 0 Å². The number of anilines is 1. The third kappa shape index (κ3) is 2.90. The van der Waals surface area contributed by atoms with Gasteiger partial charge in [-0.1, -0.05) is 0 Å². The fourth-order valence-electron chi connectivity index (χ4n) is 1.73. The summed E-state index contributed by atoms with van der Waals surface area (Å²) in [4.78, 5) is 8.69. The first kappa shape index (κ1) is 10.4. The van der Waals surface area contributed by atoms with Gasteiger partial charge in [0.15, 0.2) is 0 Å². The maximum atomic E-state index is 5.44. The molecule has 0 aliphatic carbocycles. The topological polar surface area (TPSA) is 63.2 Å². The van der Waals surface area contributed by atoms with Crippen molar-refractivity contribution in [2.75, 3.05) is 45.5 Å². The molecule has 0 bridgehead atoms. The van der Waals surface area contributed by atoms with E-state index < -0.39 is 0 Å². The van der Waals surface area contributed by atoms with E-state index in [2.05, 4.69) is 26.9 Å². The molecule has 2 N–H and O–H groups in total. The van der Waals surface area contributed by atoms with Gasteiger partial charge >= 0.3 is 0 Å². The zero-order chi connectivity index (χ0) is 10.7. The Hall–Kier alpha value is -1.14. The first-order valence-corrected chi connectivity index (χ1v) is 5.30. The molecule has 1 saturated heterocycles. The number of hydrogen-bond donors (Lipinski definition) is 1. The summed E-state index contributed by atoms with van der Waals surface area (Å²) in [6.45, 7) is 6.48. The van der Waals surface area contributed by atoms with Gasteiger partial charge in [0.2, 0.25) is 5.95 Å². The summed E-state index contributed by atoms with van der Waals surface area (Å²) in [7, 11) is 2.16. The number of hydrogen-bond acceptors (Lipinski definition) is 5. The van der Waals surface area contributed by atoms with Gasteiger partial charge in [-0.05, 0) is 7.05 Å². The highest BCUT2D eigenvalue weighted by atomic mass is 15.4. The van der Waals surface area contributed by atoms with Gasteiger partial charge in [-0.2, -0.15) is 0 Å². The highest BCUT2D eigenvalue weighted by molar-refractivity contribution is 5.09. The first-order valence-electron chi connectivity index (χ1n) is 5.30. The van der Waals surface area contributed by atoms with Gasteiger partial charge in [-0.25, -0.2) is 9.67 Å². The fraction of sp³-hybridized carbons (Fsp3) is 0.778. The molecule has 0 atom stereocenters. The second kappa shape index (κ2) is 4.59. The Kier molecular flexibility index (Phi) is 3.17. The summed E-state index contributed by atoms with van der Waals surface area (Å²) in [6.07, 6.45) is 1.69. The lowest BCUT2D eigenvalue weighted by molar-refractivity contribution is 0.149. The van der Waals surface area contributed by atoms with E-state index in [1.807, 2.05) is 0 Å². The second-order valence-corrected chi connectivity index (χ2v) is 4.01. The number of aromatic nitrogens is 3. The van der Waals surface area contributed by atoms with Crippen molar-refractivity contribution in [2.45, 2.75) is 6.54 Å². The molecule has 6 heteroatoms. The predicted molar refractivity (Wildman–Crippen MR) is 58.4 cm³/mol. The van der Waals surface area contributed by atoms with Crippen LogP contribution in [0.1, 0.15) is 0 Å². The minimum absolute atomic E-state index is 0.355. The largest absolute Gasteiger partial charge is 0.367 e. The van der Waals surface area contributed by atoms with E-state index in [-0.39, 0.29) is 0 Å². The zero-order valence-corrected chi connectivity index (χ0v) is 9.13. The minimum Gasteiger partial charge on any atom is -0.367 e. The van der Waals surface area contributed by atoms with Crippen molar-refractivity contribution in [3.8, 4) is 0 Å². The van der Waals surface area contributed by atoms with Crippen LogP contribution in [0.3, 0.4) is 0 Å². The molecule has 2 rings (SSSR count). The molecule has 1 aromatic rings. The van der Waals surface area contributed by atoms with Gasteiger partial charge < -0.3 is 10.6 Å². The Balaban J connectivity index is 1.74. The summed E-state index contributed by atoms with van der Waals surface area (Å²) in [6, 6.07) is 0. The second-order valence-electron chi connectivity index (χ2n) is 4.01. The van der Waals surface area contributed by atoms with Crippen molar-refractivity contribution >= 4 is 5.95 Å². The van der Waals surface area contributed by atoms with Crippen molar-refractivity contribution < 1.29 is 0 Å². The van der Waals surface area contributed by atoms with Crippen LogP contribution in [-0.4, -0.2) is 64.3 Å². The lowest BCUT2D eigenvalue weighted by atomic mass is 10.3. The van der Waals surface area contributed by atoms with Crippen LogP contribution in [0.15, 0.2) is 6.33 Å². The number of nitrogens with two attached hydrogens (primary N) is 1. The molecular weight excluding hydrogens is 192 g/mol. The Morgan fingerprint density at radius 2 is 2.00 bits per heavy atom. The molecule has 0 radical (unpaired) electrons. The Morgan fingerprint density at radius 3 is 2.60 bits per heavy atom. The van der Waals surface area contributed by atoms with Crippen molar-refractivity contribution in [1.82, 2.24) is 24.6 Å². The van der Waals surface area contributed by atoms with E-state index in [9.17, 15) is 0 Å². The monoisotopic (exact) mass is 210 g/mol. The lowest BCUT2D eigenvalue weighted by Crippen LogP contribution is -2.45. The van der Waals surface area contributed by atoms with Gasteiger partial charge in [0.25, 0.3) is 0 Å². The average molecular weight is 210 g/mol. The SMILES string of the molecule is CN1CCN(CCn2cnc(N)n2)CC1. The van der Waals surface area contributed by atoms with Crippen LogP contribution < -0.4 is 5.73 Å². The Bertz CT molecular complexity index is 301. The minimum atomic E-state index is 0.355. The molecule has 0 amide bonds. The standard InChI is InChI=1S/C9H18N6/c1-13-2-4-14(5-3-13)6-7-15-8-11-9(10)12-15/h8H,2-7H2,1H3,(H2,10,12). The molecule has 0 aromatic carbocycles. The average Bonchev–Trinajstić information content (AvgIpc) is 2.64. The number of rotatable bonds is 3. The van der Waals surface area contributed by atoms with E-state index in [0.717, 1.165) is 39.3 Å². The molecule has 0 saturated carbocycles. The molecule has 6 nitrogen and oxygen atoms in total. The van der Waals surface area contributed by atoms with Crippen LogP contribution in [0.4, 0.5) is 5.95 Å². The molecule has 15 heavy (non-hydrogen) atoms. The molecule has 0 spiro atoms. The van der Waals surface area contributed by atoms with E-state index in [4.69, 9.17) is 5.73 Å². The van der Waals surface area contributed by atoms with Gasteiger partial charge in [0.05, 0.1) is 6.54 Å². The maximum Gasteiger partial charge on any atom is 0.239 e. The highest BCUT2D eigenvalue weighted by Gasteiger charge is 2.13. The van der Waals surface area contributed by atoms with Crippen LogP contribution in [0.5, 0.6) is 0 Å². The quantitative estimate of drug-likeness (QED) is 0.701. The van der Waals surface area contributed by atoms with E-state index in [1.54, 1.807) is 11.0 Å². The Morgan fingerprint density at radius 1 is 1.27 bits per heavy atom. The molecule has 1 fully saturated rings. The van der Waals surface area contributed by atoms with Crippen molar-refractivity contribution in [2.24, 2.45) is 0 Å². The normalized spacial score (nSPS) is 19.5. The summed E-state index contributed by atoms with van der Waals surface area (Å²) in [5.41, 5.74) is 5.44. The fourth-order valence-corrected chi connectivity index (χ4v) is 1.73. The third-order valence-electron chi connectivity index (χ3n) is 2.80. The summed E-state index contributed by atoms with van der Waals surface area (Å²) in [5, 5.41) is 4.06. The summed E-state index contributed by atoms with van der Waals surface area (Å²) >= 11 is 0. The molecule has 84 valence electrons. The molecule has 1 aliphatic heterocycles. The zero-order valence-electron chi connectivity index (χ0n) is 9.13. The predicted octanol–water partition coefficient (Wildman–Crippen LogP) is -0.892. The maximum absolute atomic E-state index is 5.44. The van der Waals surface area contributed by atoms with Gasteiger partial charge in [-0.15, -0.1) is 5.10 Å². The van der Waals surface area contributed by atoms with Crippen LogP contribution in [0, 0.1) is 0 Å². The smallest absolute Gasteiger partial charge is 0.239 e. The van der Waals surface area contributed by atoms with Crippen LogP contribution in [0.2, 0.25) is 0 Å². The van der Waals surface area contributed by atoms with Crippen molar-refractivity contribution in [3.05, 3.63) is 6.33 Å². The number of likely N-dealkylation sites (N-methyl/N-ethyl adjacent to an activating group) is 1. The molecule has 0 unspecified atom stereocenters. The summed E-state index contributed by atoms with van der Waals surface area (Å²) < 4.78 is 1.80.